The monoisotopic (exact) mass is 337 g/mol. The third-order valence-electron chi connectivity index (χ3n) is 5.95. The van der Waals surface area contributed by atoms with E-state index in [1.54, 1.807) is 0 Å². The number of benzene rings is 1. The molecule has 0 amide bonds. The minimum Gasteiger partial charge on any atom is -0.392 e. The van der Waals surface area contributed by atoms with Gasteiger partial charge in [-0.2, -0.15) is 5.26 Å². The number of aliphatic hydroxyl groups excluding tert-OH is 1. The van der Waals surface area contributed by atoms with Gasteiger partial charge in [-0.25, -0.2) is 4.98 Å². The Balaban J connectivity index is 1.61. The SMILES string of the molecule is CCO[C@@H]1C[C@@H](O)C12CCN(c1cc(C#N)nc3ccccc13)CC2. The first-order valence-electron chi connectivity index (χ1n) is 9.02. The lowest BCUT2D eigenvalue weighted by Gasteiger charge is -2.57. The van der Waals surface area contributed by atoms with Gasteiger partial charge in [0.05, 0.1) is 17.7 Å². The molecule has 2 atom stereocenters. The molecule has 1 spiro atoms. The van der Waals surface area contributed by atoms with Crippen molar-refractivity contribution in [1.82, 2.24) is 4.98 Å². The summed E-state index contributed by atoms with van der Waals surface area (Å²) in [6.45, 7) is 4.43. The zero-order valence-corrected chi connectivity index (χ0v) is 14.5. The number of anilines is 1. The number of piperidine rings is 1. The van der Waals surface area contributed by atoms with Crippen molar-refractivity contribution < 1.29 is 9.84 Å². The van der Waals surface area contributed by atoms with E-state index in [1.807, 2.05) is 31.2 Å². The predicted molar refractivity (Wildman–Crippen MR) is 96.4 cm³/mol. The molecule has 2 fully saturated rings. The van der Waals surface area contributed by atoms with Crippen LogP contribution in [0.3, 0.4) is 0 Å². The van der Waals surface area contributed by atoms with Crippen LogP contribution < -0.4 is 4.90 Å². The average Bonchev–Trinajstić information content (AvgIpc) is 2.67. The van der Waals surface area contributed by atoms with E-state index in [0.29, 0.717) is 12.3 Å². The summed E-state index contributed by atoms with van der Waals surface area (Å²) < 4.78 is 5.86. The number of fused-ring (bicyclic) bond motifs is 1. The maximum absolute atomic E-state index is 10.4. The molecule has 1 N–H and O–H groups in total. The van der Waals surface area contributed by atoms with Crippen molar-refractivity contribution in [2.45, 2.75) is 38.4 Å². The Kier molecular flexibility index (Phi) is 4.10. The number of nitriles is 1. The van der Waals surface area contributed by atoms with E-state index in [9.17, 15) is 10.4 Å². The maximum Gasteiger partial charge on any atom is 0.143 e. The van der Waals surface area contributed by atoms with Crippen LogP contribution in [0.15, 0.2) is 30.3 Å². The first-order valence-corrected chi connectivity index (χ1v) is 9.02. The van der Waals surface area contributed by atoms with Crippen molar-refractivity contribution >= 4 is 16.6 Å². The van der Waals surface area contributed by atoms with Crippen molar-refractivity contribution in [3.8, 4) is 6.07 Å². The molecule has 1 saturated heterocycles. The summed E-state index contributed by atoms with van der Waals surface area (Å²) in [6, 6.07) is 12.0. The van der Waals surface area contributed by atoms with Crippen LogP contribution >= 0.6 is 0 Å². The molecule has 5 nitrogen and oxygen atoms in total. The highest BCUT2D eigenvalue weighted by molar-refractivity contribution is 5.92. The molecule has 1 aromatic heterocycles. The second-order valence-corrected chi connectivity index (χ2v) is 7.07. The standard InChI is InChI=1S/C20H23N3O2/c1-2-25-19-12-18(24)20(19)7-9-23(10-8-20)17-11-14(13-21)22-16-6-4-3-5-15(16)17/h3-6,11,18-19,24H,2,7-10,12H2,1H3/t18-,19-/m1/s1. The third-order valence-corrected chi connectivity index (χ3v) is 5.95. The Bertz CT molecular complexity index is 819. The predicted octanol–water partition coefficient (Wildman–Crippen LogP) is 2.86. The number of aliphatic hydroxyl groups is 1. The van der Waals surface area contributed by atoms with Gasteiger partial charge in [-0.15, -0.1) is 0 Å². The summed E-state index contributed by atoms with van der Waals surface area (Å²) in [4.78, 5) is 6.73. The minimum atomic E-state index is -0.255. The van der Waals surface area contributed by atoms with Crippen molar-refractivity contribution in [2.75, 3.05) is 24.6 Å². The molecule has 1 saturated carbocycles. The molecule has 2 aliphatic rings. The summed E-state index contributed by atoms with van der Waals surface area (Å²) in [7, 11) is 0. The molecule has 1 aliphatic heterocycles. The Morgan fingerprint density at radius 3 is 2.80 bits per heavy atom. The third kappa shape index (κ3) is 2.57. The Hall–Kier alpha value is -2.16. The van der Waals surface area contributed by atoms with Crippen LogP contribution in [0.5, 0.6) is 0 Å². The number of ether oxygens (including phenoxy) is 1. The van der Waals surface area contributed by atoms with Gasteiger partial charge >= 0.3 is 0 Å². The largest absolute Gasteiger partial charge is 0.392 e. The number of pyridine rings is 1. The number of rotatable bonds is 3. The van der Waals surface area contributed by atoms with Gasteiger partial charge in [-0.05, 0) is 31.9 Å². The lowest BCUT2D eigenvalue weighted by atomic mass is 9.58. The Morgan fingerprint density at radius 2 is 2.12 bits per heavy atom. The van der Waals surface area contributed by atoms with Gasteiger partial charge in [0.15, 0.2) is 0 Å². The summed E-state index contributed by atoms with van der Waals surface area (Å²) in [5, 5.41) is 20.8. The molecule has 1 aliphatic carbocycles. The molecule has 1 aromatic carbocycles. The molecule has 0 bridgehead atoms. The van der Waals surface area contributed by atoms with E-state index in [2.05, 4.69) is 22.0 Å². The van der Waals surface area contributed by atoms with Gasteiger partial charge in [0.2, 0.25) is 0 Å². The van der Waals surface area contributed by atoms with E-state index in [0.717, 1.165) is 48.9 Å². The van der Waals surface area contributed by atoms with E-state index in [1.165, 1.54) is 0 Å². The van der Waals surface area contributed by atoms with Crippen molar-refractivity contribution in [3.63, 3.8) is 0 Å². The zero-order chi connectivity index (χ0) is 17.4. The molecule has 2 heterocycles. The van der Waals surface area contributed by atoms with Crippen molar-refractivity contribution in [2.24, 2.45) is 5.41 Å². The van der Waals surface area contributed by atoms with Crippen LogP contribution in [0.25, 0.3) is 10.9 Å². The highest BCUT2D eigenvalue weighted by Crippen LogP contribution is 2.51. The fourth-order valence-electron chi connectivity index (χ4n) is 4.46. The number of aromatic nitrogens is 1. The zero-order valence-electron chi connectivity index (χ0n) is 14.5. The second-order valence-electron chi connectivity index (χ2n) is 7.07. The van der Waals surface area contributed by atoms with Crippen LogP contribution in [0.1, 0.15) is 31.9 Å². The molecule has 25 heavy (non-hydrogen) atoms. The summed E-state index contributed by atoms with van der Waals surface area (Å²) >= 11 is 0. The summed E-state index contributed by atoms with van der Waals surface area (Å²) in [5.74, 6) is 0. The molecule has 0 radical (unpaired) electrons. The normalized spacial score (nSPS) is 24.9. The molecular weight excluding hydrogens is 314 g/mol. The summed E-state index contributed by atoms with van der Waals surface area (Å²) in [6.07, 6.45) is 2.51. The number of nitrogens with zero attached hydrogens (tertiary/aromatic N) is 3. The topological polar surface area (TPSA) is 69.4 Å². The van der Waals surface area contributed by atoms with Gasteiger partial charge in [-0.3, -0.25) is 0 Å². The minimum absolute atomic E-state index is 0.0899. The Labute approximate surface area is 147 Å². The maximum atomic E-state index is 10.4. The molecule has 5 heteroatoms. The fourth-order valence-corrected chi connectivity index (χ4v) is 4.46. The van der Waals surface area contributed by atoms with Crippen molar-refractivity contribution in [3.05, 3.63) is 36.0 Å². The number of hydrogen-bond acceptors (Lipinski definition) is 5. The molecule has 4 rings (SSSR count). The average molecular weight is 337 g/mol. The van der Waals surface area contributed by atoms with Crippen LogP contribution in [-0.2, 0) is 4.74 Å². The number of hydrogen-bond donors (Lipinski definition) is 1. The van der Waals surface area contributed by atoms with Crippen LogP contribution in [0.2, 0.25) is 0 Å². The quantitative estimate of drug-likeness (QED) is 0.933. The van der Waals surface area contributed by atoms with E-state index in [-0.39, 0.29) is 17.6 Å². The van der Waals surface area contributed by atoms with Gasteiger partial charge < -0.3 is 14.7 Å². The first kappa shape index (κ1) is 16.3. The lowest BCUT2D eigenvalue weighted by molar-refractivity contribution is -0.199. The molecule has 130 valence electrons. The fraction of sp³-hybridized carbons (Fsp3) is 0.500. The van der Waals surface area contributed by atoms with E-state index in [4.69, 9.17) is 4.74 Å². The lowest BCUT2D eigenvalue weighted by Crippen LogP contribution is -2.62. The molecule has 0 unspecified atom stereocenters. The van der Waals surface area contributed by atoms with Crippen molar-refractivity contribution in [1.29, 1.82) is 5.26 Å². The molecule has 2 aromatic rings. The van der Waals surface area contributed by atoms with Gasteiger partial charge in [0, 0.05) is 42.6 Å². The smallest absolute Gasteiger partial charge is 0.143 e. The van der Waals surface area contributed by atoms with Gasteiger partial charge in [0.25, 0.3) is 0 Å². The van der Waals surface area contributed by atoms with E-state index >= 15 is 0 Å². The van der Waals surface area contributed by atoms with E-state index < -0.39 is 0 Å². The highest BCUT2D eigenvalue weighted by Gasteiger charge is 2.56. The van der Waals surface area contributed by atoms with Crippen LogP contribution in [0, 0.1) is 16.7 Å². The summed E-state index contributed by atoms with van der Waals surface area (Å²) in [5.41, 5.74) is 2.28. The first-order chi connectivity index (χ1) is 12.2. The highest BCUT2D eigenvalue weighted by atomic mass is 16.5. The molecular formula is C20H23N3O2. The van der Waals surface area contributed by atoms with Crippen LogP contribution in [0.4, 0.5) is 5.69 Å². The second kappa shape index (κ2) is 6.29. The Morgan fingerprint density at radius 1 is 1.36 bits per heavy atom. The van der Waals surface area contributed by atoms with Crippen LogP contribution in [-0.4, -0.2) is 42.0 Å². The van der Waals surface area contributed by atoms with Gasteiger partial charge in [0.1, 0.15) is 11.8 Å². The number of para-hydroxylation sites is 1. The van der Waals surface area contributed by atoms with Gasteiger partial charge in [-0.1, -0.05) is 18.2 Å².